The quantitative estimate of drug-likeness (QED) is 0.819. The van der Waals surface area contributed by atoms with Gasteiger partial charge in [-0.1, -0.05) is 60.7 Å². The number of carbonyl (C=O) groups excluding carboxylic acids is 1. The van der Waals surface area contributed by atoms with Gasteiger partial charge in [0.2, 0.25) is 5.91 Å². The van der Waals surface area contributed by atoms with E-state index in [4.69, 9.17) is 9.47 Å². The molecule has 29 heavy (non-hydrogen) atoms. The molecule has 2 aromatic carbocycles. The lowest BCUT2D eigenvalue weighted by Crippen LogP contribution is -2.52. The lowest BCUT2D eigenvalue weighted by molar-refractivity contribution is -0.131. The minimum absolute atomic E-state index is 0.0177. The van der Waals surface area contributed by atoms with E-state index >= 15 is 0 Å². The topological polar surface area (TPSA) is 50.8 Å². The average molecular weight is 395 g/mol. The largest absolute Gasteiger partial charge is 0.381 e. The molecule has 2 aliphatic rings. The van der Waals surface area contributed by atoms with Crippen LogP contribution in [0.2, 0.25) is 0 Å². The molecular formula is C24H30N2O3. The van der Waals surface area contributed by atoms with Crippen LogP contribution in [0, 0.1) is 0 Å². The molecule has 1 amide bonds. The maximum absolute atomic E-state index is 13.3. The van der Waals surface area contributed by atoms with Crippen molar-refractivity contribution in [2.75, 3.05) is 39.5 Å². The van der Waals surface area contributed by atoms with E-state index in [1.807, 2.05) is 24.3 Å². The lowest BCUT2D eigenvalue weighted by atomic mass is 9.73. The van der Waals surface area contributed by atoms with Crippen LogP contribution in [0.3, 0.4) is 0 Å². The van der Waals surface area contributed by atoms with Gasteiger partial charge in [-0.15, -0.1) is 0 Å². The Morgan fingerprint density at radius 3 is 2.41 bits per heavy atom. The van der Waals surface area contributed by atoms with Gasteiger partial charge in [0.15, 0.2) is 0 Å². The van der Waals surface area contributed by atoms with Gasteiger partial charge >= 0.3 is 0 Å². The van der Waals surface area contributed by atoms with Gasteiger partial charge in [0, 0.05) is 39.4 Å². The molecule has 5 nitrogen and oxygen atoms in total. The highest BCUT2D eigenvalue weighted by atomic mass is 16.5. The monoisotopic (exact) mass is 394 g/mol. The number of hydrogen-bond acceptors (Lipinski definition) is 4. The first kappa shape index (κ1) is 20.1. The Morgan fingerprint density at radius 1 is 1.00 bits per heavy atom. The van der Waals surface area contributed by atoms with E-state index in [9.17, 15) is 4.79 Å². The summed E-state index contributed by atoms with van der Waals surface area (Å²) in [6.45, 7) is 5.14. The van der Waals surface area contributed by atoms with Gasteiger partial charge in [-0.3, -0.25) is 9.69 Å². The lowest BCUT2D eigenvalue weighted by Gasteiger charge is -2.37. The van der Waals surface area contributed by atoms with E-state index < -0.39 is 5.41 Å². The summed E-state index contributed by atoms with van der Waals surface area (Å²) in [5.74, 6) is 0.0933. The molecule has 0 aromatic heterocycles. The standard InChI is InChI=1S/C24H30N2O3/c27-23(24(11-14-28-15-12-24)21-9-5-2-6-10-21)25-17-22-19-26(13-16-29-22)18-20-7-3-1-4-8-20/h1-10,22H,11-19H2,(H,25,27). The second kappa shape index (κ2) is 9.53. The van der Waals surface area contributed by atoms with E-state index in [1.54, 1.807) is 0 Å². The van der Waals surface area contributed by atoms with Crippen molar-refractivity contribution in [3.63, 3.8) is 0 Å². The fraction of sp³-hybridized carbons (Fsp3) is 0.458. The molecule has 1 unspecified atom stereocenters. The Hall–Kier alpha value is -2.21. The number of nitrogens with zero attached hydrogens (tertiary/aromatic N) is 1. The maximum atomic E-state index is 13.3. The Morgan fingerprint density at radius 2 is 1.69 bits per heavy atom. The number of carbonyl (C=O) groups is 1. The van der Waals surface area contributed by atoms with Gasteiger partial charge < -0.3 is 14.8 Å². The normalized spacial score (nSPS) is 22.1. The van der Waals surface area contributed by atoms with E-state index in [0.717, 1.165) is 25.2 Å². The SMILES string of the molecule is O=C(NCC1CN(Cc2ccccc2)CCO1)C1(c2ccccc2)CCOCC1. The summed E-state index contributed by atoms with van der Waals surface area (Å²) < 4.78 is 11.5. The Kier molecular flexibility index (Phi) is 6.60. The summed E-state index contributed by atoms with van der Waals surface area (Å²) in [5, 5.41) is 3.20. The zero-order valence-corrected chi connectivity index (χ0v) is 16.9. The smallest absolute Gasteiger partial charge is 0.230 e. The molecule has 0 radical (unpaired) electrons. The molecule has 2 heterocycles. The molecule has 0 aliphatic carbocycles. The zero-order chi connectivity index (χ0) is 19.9. The van der Waals surface area contributed by atoms with Crippen LogP contribution < -0.4 is 5.32 Å². The second-order valence-electron chi connectivity index (χ2n) is 7.98. The Labute approximate surface area is 173 Å². The van der Waals surface area contributed by atoms with Gasteiger partial charge in [-0.2, -0.15) is 0 Å². The van der Waals surface area contributed by atoms with E-state index in [0.29, 0.717) is 39.2 Å². The summed E-state index contributed by atoms with van der Waals surface area (Å²) in [6, 6.07) is 20.6. The molecule has 154 valence electrons. The highest BCUT2D eigenvalue weighted by molar-refractivity contribution is 5.88. The third-order valence-electron chi connectivity index (χ3n) is 6.07. The van der Waals surface area contributed by atoms with Crippen molar-refractivity contribution in [1.29, 1.82) is 0 Å². The van der Waals surface area contributed by atoms with E-state index in [1.165, 1.54) is 5.56 Å². The van der Waals surface area contributed by atoms with Crippen LogP contribution in [0.5, 0.6) is 0 Å². The first-order valence-corrected chi connectivity index (χ1v) is 10.6. The third kappa shape index (κ3) is 4.86. The molecular weight excluding hydrogens is 364 g/mol. The van der Waals surface area contributed by atoms with Gasteiger partial charge in [0.05, 0.1) is 18.1 Å². The van der Waals surface area contributed by atoms with E-state index in [-0.39, 0.29) is 12.0 Å². The summed E-state index contributed by atoms with van der Waals surface area (Å²) >= 11 is 0. The molecule has 0 bridgehead atoms. The highest BCUT2D eigenvalue weighted by Gasteiger charge is 2.41. The average Bonchev–Trinajstić information content (AvgIpc) is 2.79. The number of benzene rings is 2. The van der Waals surface area contributed by atoms with Crippen LogP contribution in [0.1, 0.15) is 24.0 Å². The second-order valence-corrected chi connectivity index (χ2v) is 7.98. The van der Waals surface area contributed by atoms with Gasteiger partial charge in [0.1, 0.15) is 0 Å². The number of nitrogens with one attached hydrogen (secondary N) is 1. The van der Waals surface area contributed by atoms with Crippen molar-refractivity contribution >= 4 is 5.91 Å². The summed E-state index contributed by atoms with van der Waals surface area (Å²) in [6.07, 6.45) is 1.45. The minimum Gasteiger partial charge on any atom is -0.381 e. The number of rotatable bonds is 6. The highest BCUT2D eigenvalue weighted by Crippen LogP contribution is 2.35. The zero-order valence-electron chi connectivity index (χ0n) is 16.9. The molecule has 0 spiro atoms. The van der Waals surface area contributed by atoms with E-state index in [2.05, 4.69) is 46.6 Å². The van der Waals surface area contributed by atoms with Crippen molar-refractivity contribution in [1.82, 2.24) is 10.2 Å². The van der Waals surface area contributed by atoms with Gasteiger partial charge in [-0.05, 0) is 24.0 Å². The molecule has 2 aromatic rings. The van der Waals surface area contributed by atoms with Crippen LogP contribution >= 0.6 is 0 Å². The summed E-state index contributed by atoms with van der Waals surface area (Å²) in [5.41, 5.74) is 1.89. The molecule has 4 rings (SSSR count). The van der Waals surface area contributed by atoms with Crippen LogP contribution in [0.15, 0.2) is 60.7 Å². The van der Waals surface area contributed by atoms with Gasteiger partial charge in [0.25, 0.3) is 0 Å². The predicted molar refractivity (Wildman–Crippen MR) is 113 cm³/mol. The first-order valence-electron chi connectivity index (χ1n) is 10.6. The molecule has 0 saturated carbocycles. The van der Waals surface area contributed by atoms with Gasteiger partial charge in [-0.25, -0.2) is 0 Å². The van der Waals surface area contributed by atoms with Crippen molar-refractivity contribution in [3.05, 3.63) is 71.8 Å². The number of ether oxygens (including phenoxy) is 2. The summed E-state index contributed by atoms with van der Waals surface area (Å²) in [7, 11) is 0. The van der Waals surface area contributed by atoms with Crippen LogP contribution in [-0.4, -0.2) is 56.4 Å². The van der Waals surface area contributed by atoms with Crippen molar-refractivity contribution in [2.45, 2.75) is 30.9 Å². The molecule has 2 aliphatic heterocycles. The molecule has 2 saturated heterocycles. The molecule has 1 atom stereocenters. The summed E-state index contributed by atoms with van der Waals surface area (Å²) in [4.78, 5) is 15.7. The Balaban J connectivity index is 1.36. The maximum Gasteiger partial charge on any atom is 0.230 e. The number of hydrogen-bond donors (Lipinski definition) is 1. The minimum atomic E-state index is -0.502. The third-order valence-corrected chi connectivity index (χ3v) is 6.07. The Bertz CT molecular complexity index is 775. The molecule has 2 fully saturated rings. The van der Waals surface area contributed by atoms with Crippen molar-refractivity contribution in [2.24, 2.45) is 0 Å². The van der Waals surface area contributed by atoms with Crippen LogP contribution in [0.25, 0.3) is 0 Å². The first-order chi connectivity index (χ1) is 14.3. The molecule has 5 heteroatoms. The fourth-order valence-electron chi connectivity index (χ4n) is 4.39. The van der Waals surface area contributed by atoms with Crippen LogP contribution in [0.4, 0.5) is 0 Å². The van der Waals surface area contributed by atoms with Crippen molar-refractivity contribution in [3.8, 4) is 0 Å². The fourth-order valence-corrected chi connectivity index (χ4v) is 4.39. The number of amides is 1. The molecule has 1 N–H and O–H groups in total. The predicted octanol–water partition coefficient (Wildman–Crippen LogP) is 2.75. The van der Waals surface area contributed by atoms with Crippen molar-refractivity contribution < 1.29 is 14.3 Å². The van der Waals surface area contributed by atoms with Crippen LogP contribution in [-0.2, 0) is 26.2 Å². The number of morpholine rings is 1.